The van der Waals surface area contributed by atoms with Gasteiger partial charge in [-0.05, 0) is 31.6 Å². The van der Waals surface area contributed by atoms with E-state index < -0.39 is 5.60 Å². The second-order valence-electron chi connectivity index (χ2n) is 5.56. The van der Waals surface area contributed by atoms with E-state index in [-0.39, 0.29) is 10.6 Å². The number of halogens is 1. The summed E-state index contributed by atoms with van der Waals surface area (Å²) in [5.74, 6) is 0.676. The SMILES string of the molecule is CC1CCC(O)(CNc2cnn(C)c(=O)c2Cl)CC1. The van der Waals surface area contributed by atoms with Gasteiger partial charge < -0.3 is 10.4 Å². The molecule has 1 aliphatic carbocycles. The van der Waals surface area contributed by atoms with Crippen molar-refractivity contribution in [3.63, 3.8) is 0 Å². The Morgan fingerprint density at radius 1 is 1.58 bits per heavy atom. The van der Waals surface area contributed by atoms with Crippen LogP contribution in [0.4, 0.5) is 5.69 Å². The van der Waals surface area contributed by atoms with E-state index in [4.69, 9.17) is 11.6 Å². The highest BCUT2D eigenvalue weighted by atomic mass is 35.5. The summed E-state index contributed by atoms with van der Waals surface area (Å²) in [6.45, 7) is 2.60. The average molecular weight is 286 g/mol. The van der Waals surface area contributed by atoms with Gasteiger partial charge in [0.25, 0.3) is 5.56 Å². The van der Waals surface area contributed by atoms with Crippen molar-refractivity contribution in [3.05, 3.63) is 21.6 Å². The first-order valence-electron chi connectivity index (χ1n) is 6.59. The lowest BCUT2D eigenvalue weighted by Crippen LogP contribution is -2.40. The predicted molar refractivity (Wildman–Crippen MR) is 75.6 cm³/mol. The Hall–Kier alpha value is -1.07. The van der Waals surface area contributed by atoms with Crippen LogP contribution in [0.2, 0.25) is 5.02 Å². The van der Waals surface area contributed by atoms with Gasteiger partial charge in [0.2, 0.25) is 0 Å². The van der Waals surface area contributed by atoms with E-state index in [1.807, 2.05) is 0 Å². The number of rotatable bonds is 3. The molecule has 6 heteroatoms. The Labute approximate surface area is 117 Å². The molecule has 0 radical (unpaired) electrons. The van der Waals surface area contributed by atoms with Crippen LogP contribution in [0.3, 0.4) is 0 Å². The molecular formula is C13H20ClN3O2. The first-order valence-corrected chi connectivity index (χ1v) is 6.97. The van der Waals surface area contributed by atoms with Crippen molar-refractivity contribution in [3.8, 4) is 0 Å². The maximum absolute atomic E-state index is 11.6. The Morgan fingerprint density at radius 3 is 2.84 bits per heavy atom. The predicted octanol–water partition coefficient (Wildman–Crippen LogP) is 1.79. The number of nitrogens with zero attached hydrogens (tertiary/aromatic N) is 2. The van der Waals surface area contributed by atoms with E-state index in [1.165, 1.54) is 10.9 Å². The third-order valence-electron chi connectivity index (χ3n) is 3.89. The van der Waals surface area contributed by atoms with Crippen molar-refractivity contribution in [2.45, 2.75) is 38.2 Å². The number of nitrogens with one attached hydrogen (secondary N) is 1. The second-order valence-corrected chi connectivity index (χ2v) is 5.94. The van der Waals surface area contributed by atoms with E-state index in [0.29, 0.717) is 18.2 Å². The van der Waals surface area contributed by atoms with Gasteiger partial charge in [-0.3, -0.25) is 4.79 Å². The molecule has 0 atom stereocenters. The lowest BCUT2D eigenvalue weighted by atomic mass is 9.79. The number of aryl methyl sites for hydroxylation is 1. The molecule has 0 spiro atoms. The molecule has 0 aromatic carbocycles. The van der Waals surface area contributed by atoms with E-state index in [9.17, 15) is 9.90 Å². The van der Waals surface area contributed by atoms with Crippen LogP contribution in [0, 0.1) is 5.92 Å². The highest BCUT2D eigenvalue weighted by molar-refractivity contribution is 6.32. The number of aromatic nitrogens is 2. The Bertz CT molecular complexity index is 507. The summed E-state index contributed by atoms with van der Waals surface area (Å²) in [5.41, 5.74) is -0.565. The molecule has 1 heterocycles. The van der Waals surface area contributed by atoms with E-state index in [0.717, 1.165) is 25.7 Å². The standard InChI is InChI=1S/C13H20ClN3O2/c1-9-3-5-13(19,6-4-9)8-15-10-7-16-17(2)12(18)11(10)14/h7,9,15,19H,3-6,8H2,1-2H3. The molecule has 0 aliphatic heterocycles. The van der Waals surface area contributed by atoms with Gasteiger partial charge in [0, 0.05) is 13.6 Å². The molecule has 5 nitrogen and oxygen atoms in total. The maximum Gasteiger partial charge on any atom is 0.287 e. The molecule has 1 fully saturated rings. The van der Waals surface area contributed by atoms with Crippen molar-refractivity contribution < 1.29 is 5.11 Å². The van der Waals surface area contributed by atoms with E-state index in [1.54, 1.807) is 7.05 Å². The fourth-order valence-electron chi connectivity index (χ4n) is 2.37. The summed E-state index contributed by atoms with van der Waals surface area (Å²) in [5, 5.41) is 17.5. The van der Waals surface area contributed by atoms with Gasteiger partial charge in [-0.2, -0.15) is 5.10 Å². The van der Waals surface area contributed by atoms with Gasteiger partial charge in [-0.15, -0.1) is 0 Å². The lowest BCUT2D eigenvalue weighted by molar-refractivity contribution is 0.00500. The fraction of sp³-hybridized carbons (Fsp3) is 0.692. The van der Waals surface area contributed by atoms with Gasteiger partial charge in [-0.1, -0.05) is 18.5 Å². The number of aliphatic hydroxyl groups is 1. The fourth-order valence-corrected chi connectivity index (χ4v) is 2.61. The first-order chi connectivity index (χ1) is 8.91. The monoisotopic (exact) mass is 285 g/mol. The second kappa shape index (κ2) is 5.51. The highest BCUT2D eigenvalue weighted by Gasteiger charge is 2.31. The minimum atomic E-state index is -0.711. The molecule has 1 aromatic heterocycles. The average Bonchev–Trinajstić information content (AvgIpc) is 2.39. The first kappa shape index (κ1) is 14.3. The Morgan fingerprint density at radius 2 is 2.21 bits per heavy atom. The Kier molecular flexibility index (Phi) is 4.16. The van der Waals surface area contributed by atoms with Crippen LogP contribution in [0.15, 0.2) is 11.0 Å². The van der Waals surface area contributed by atoms with Gasteiger partial charge in [0.05, 0.1) is 17.5 Å². The molecule has 2 N–H and O–H groups in total. The van der Waals surface area contributed by atoms with Crippen molar-refractivity contribution in [1.29, 1.82) is 0 Å². The number of anilines is 1. The van der Waals surface area contributed by atoms with Crippen molar-refractivity contribution in [2.75, 3.05) is 11.9 Å². The summed E-state index contributed by atoms with van der Waals surface area (Å²) in [6, 6.07) is 0. The zero-order chi connectivity index (χ0) is 14.0. The smallest absolute Gasteiger partial charge is 0.287 e. The molecular weight excluding hydrogens is 266 g/mol. The highest BCUT2D eigenvalue weighted by Crippen LogP contribution is 2.32. The van der Waals surface area contributed by atoms with E-state index in [2.05, 4.69) is 17.3 Å². The summed E-state index contributed by atoms with van der Waals surface area (Å²) in [6.07, 6.45) is 5.12. The van der Waals surface area contributed by atoms with Gasteiger partial charge in [0.15, 0.2) is 0 Å². The van der Waals surface area contributed by atoms with Crippen LogP contribution in [-0.2, 0) is 7.05 Å². The third kappa shape index (κ3) is 3.28. The van der Waals surface area contributed by atoms with Crippen LogP contribution >= 0.6 is 11.6 Å². The third-order valence-corrected chi connectivity index (χ3v) is 4.26. The van der Waals surface area contributed by atoms with Crippen molar-refractivity contribution in [2.24, 2.45) is 13.0 Å². The van der Waals surface area contributed by atoms with Gasteiger partial charge in [-0.25, -0.2) is 4.68 Å². The molecule has 2 rings (SSSR count). The lowest BCUT2D eigenvalue weighted by Gasteiger charge is -2.35. The van der Waals surface area contributed by atoms with Crippen LogP contribution in [0.1, 0.15) is 32.6 Å². The minimum absolute atomic E-state index is 0.116. The van der Waals surface area contributed by atoms with E-state index >= 15 is 0 Å². The number of hydrogen-bond acceptors (Lipinski definition) is 4. The van der Waals surface area contributed by atoms with Crippen LogP contribution in [-0.4, -0.2) is 27.0 Å². The zero-order valence-electron chi connectivity index (χ0n) is 11.3. The molecule has 1 aromatic rings. The summed E-state index contributed by atoms with van der Waals surface area (Å²) >= 11 is 5.97. The summed E-state index contributed by atoms with van der Waals surface area (Å²) in [7, 11) is 1.55. The summed E-state index contributed by atoms with van der Waals surface area (Å²) in [4.78, 5) is 11.6. The molecule has 0 amide bonds. The Balaban J connectivity index is 2.03. The molecule has 0 saturated heterocycles. The van der Waals surface area contributed by atoms with Crippen LogP contribution in [0.25, 0.3) is 0 Å². The molecule has 19 heavy (non-hydrogen) atoms. The molecule has 1 saturated carbocycles. The molecule has 1 aliphatic rings. The molecule has 106 valence electrons. The van der Waals surface area contributed by atoms with Gasteiger partial charge in [0.1, 0.15) is 5.02 Å². The minimum Gasteiger partial charge on any atom is -0.388 e. The molecule has 0 unspecified atom stereocenters. The maximum atomic E-state index is 11.6. The van der Waals surface area contributed by atoms with Crippen molar-refractivity contribution in [1.82, 2.24) is 9.78 Å². The number of hydrogen-bond donors (Lipinski definition) is 2. The quantitative estimate of drug-likeness (QED) is 0.888. The summed E-state index contributed by atoms with van der Waals surface area (Å²) < 4.78 is 1.19. The van der Waals surface area contributed by atoms with Crippen LogP contribution in [0.5, 0.6) is 0 Å². The van der Waals surface area contributed by atoms with Crippen molar-refractivity contribution >= 4 is 17.3 Å². The van der Waals surface area contributed by atoms with Gasteiger partial charge >= 0.3 is 0 Å². The zero-order valence-corrected chi connectivity index (χ0v) is 12.1. The molecule has 0 bridgehead atoms. The van der Waals surface area contributed by atoms with Crippen LogP contribution < -0.4 is 10.9 Å². The normalized spacial score (nSPS) is 27.3. The topological polar surface area (TPSA) is 67.2 Å². The largest absolute Gasteiger partial charge is 0.388 e.